The second-order valence-corrected chi connectivity index (χ2v) is 8.20. The van der Waals surface area contributed by atoms with Crippen LogP contribution in [-0.4, -0.2) is 48.8 Å². The van der Waals surface area contributed by atoms with Gasteiger partial charge in [-0.3, -0.25) is 10.1 Å². The maximum atomic E-state index is 12.8. The molecular weight excluding hydrogens is 380 g/mol. The second-order valence-electron chi connectivity index (χ2n) is 5.83. The van der Waals surface area contributed by atoms with Gasteiger partial charge in [0.2, 0.25) is 10.0 Å². The first-order chi connectivity index (χ1) is 12.4. The fourth-order valence-electron chi connectivity index (χ4n) is 2.79. The van der Waals surface area contributed by atoms with Crippen LogP contribution >= 0.6 is 11.6 Å². The van der Waals surface area contributed by atoms with Gasteiger partial charge in [0.25, 0.3) is 5.69 Å². The summed E-state index contributed by atoms with van der Waals surface area (Å²) < 4.78 is 27.0. The maximum Gasteiger partial charge on any atom is 0.287 e. The van der Waals surface area contributed by atoms with Crippen molar-refractivity contribution in [2.45, 2.75) is 11.3 Å². The maximum absolute atomic E-state index is 12.8. The minimum absolute atomic E-state index is 0.0736. The van der Waals surface area contributed by atoms with Gasteiger partial charge in [0.15, 0.2) is 0 Å². The van der Waals surface area contributed by atoms with E-state index < -0.39 is 14.9 Å². The summed E-state index contributed by atoms with van der Waals surface area (Å²) in [6.45, 7) is 1.78. The van der Waals surface area contributed by atoms with Crippen LogP contribution in [0.1, 0.15) is 6.42 Å². The third-order valence-corrected chi connectivity index (χ3v) is 6.34. The summed E-state index contributed by atoms with van der Waals surface area (Å²) in [6.07, 6.45) is 1.84. The summed E-state index contributed by atoms with van der Waals surface area (Å²) >= 11 is 5.83. The van der Waals surface area contributed by atoms with Gasteiger partial charge in [0, 0.05) is 37.3 Å². The van der Waals surface area contributed by atoms with Gasteiger partial charge in [-0.15, -0.1) is 0 Å². The van der Waals surface area contributed by atoms with E-state index in [1.807, 2.05) is 4.90 Å². The van der Waals surface area contributed by atoms with Crippen molar-refractivity contribution in [3.05, 3.63) is 57.7 Å². The molecule has 1 fully saturated rings. The van der Waals surface area contributed by atoms with Gasteiger partial charge in [-0.1, -0.05) is 11.6 Å². The van der Waals surface area contributed by atoms with E-state index >= 15 is 0 Å². The minimum atomic E-state index is -3.59. The first-order valence-electron chi connectivity index (χ1n) is 7.99. The summed E-state index contributed by atoms with van der Waals surface area (Å²) in [5, 5.41) is 11.2. The molecule has 1 aromatic heterocycles. The molecule has 0 N–H and O–H groups in total. The van der Waals surface area contributed by atoms with Crippen molar-refractivity contribution in [3.8, 4) is 0 Å². The SMILES string of the molecule is O=[N+]([O-])c1ccc(N2CCCN(S(=O)(=O)c3ccc(Cl)cc3)CC2)nc1. The first kappa shape index (κ1) is 18.6. The van der Waals surface area contributed by atoms with Crippen LogP contribution in [-0.2, 0) is 10.0 Å². The van der Waals surface area contributed by atoms with Crippen molar-refractivity contribution in [3.63, 3.8) is 0 Å². The molecule has 0 amide bonds. The summed E-state index contributed by atoms with van der Waals surface area (Å²) in [5.41, 5.74) is -0.0736. The highest BCUT2D eigenvalue weighted by Crippen LogP contribution is 2.22. The Balaban J connectivity index is 1.73. The molecular formula is C16H17ClN4O4S. The van der Waals surface area contributed by atoms with Crippen LogP contribution in [0.5, 0.6) is 0 Å². The van der Waals surface area contributed by atoms with Crippen molar-refractivity contribution < 1.29 is 13.3 Å². The van der Waals surface area contributed by atoms with Crippen molar-refractivity contribution in [2.24, 2.45) is 0 Å². The number of anilines is 1. The monoisotopic (exact) mass is 396 g/mol. The normalized spacial score (nSPS) is 16.3. The van der Waals surface area contributed by atoms with Crippen LogP contribution in [0.25, 0.3) is 0 Å². The van der Waals surface area contributed by atoms with Crippen molar-refractivity contribution in [2.75, 3.05) is 31.1 Å². The van der Waals surface area contributed by atoms with Crippen molar-refractivity contribution in [1.82, 2.24) is 9.29 Å². The number of benzene rings is 1. The molecule has 10 heteroatoms. The number of aromatic nitrogens is 1. The molecule has 0 aliphatic carbocycles. The Morgan fingerprint density at radius 2 is 1.77 bits per heavy atom. The zero-order chi connectivity index (χ0) is 18.7. The van der Waals surface area contributed by atoms with Crippen molar-refractivity contribution >= 4 is 33.1 Å². The molecule has 0 spiro atoms. The third-order valence-electron chi connectivity index (χ3n) is 4.17. The molecule has 2 heterocycles. The Morgan fingerprint density at radius 1 is 1.04 bits per heavy atom. The number of hydrogen-bond donors (Lipinski definition) is 0. The number of sulfonamides is 1. The number of nitro groups is 1. The van der Waals surface area contributed by atoms with Gasteiger partial charge in [0.05, 0.1) is 9.82 Å². The molecule has 1 aromatic carbocycles. The van der Waals surface area contributed by atoms with E-state index in [2.05, 4.69) is 4.98 Å². The minimum Gasteiger partial charge on any atom is -0.355 e. The topological polar surface area (TPSA) is 96.6 Å². The third kappa shape index (κ3) is 3.95. The highest BCUT2D eigenvalue weighted by molar-refractivity contribution is 7.89. The molecule has 138 valence electrons. The van der Waals surface area contributed by atoms with Gasteiger partial charge in [-0.05, 0) is 36.8 Å². The Labute approximate surface area is 156 Å². The lowest BCUT2D eigenvalue weighted by Gasteiger charge is -2.22. The van der Waals surface area contributed by atoms with Gasteiger partial charge < -0.3 is 4.90 Å². The van der Waals surface area contributed by atoms with Crippen LogP contribution in [0.15, 0.2) is 47.5 Å². The summed E-state index contributed by atoms with van der Waals surface area (Å²) in [4.78, 5) is 16.5. The molecule has 0 saturated carbocycles. The average molecular weight is 397 g/mol. The van der Waals surface area contributed by atoms with E-state index in [0.717, 1.165) is 0 Å². The van der Waals surface area contributed by atoms with E-state index in [9.17, 15) is 18.5 Å². The van der Waals surface area contributed by atoms with E-state index in [-0.39, 0.29) is 10.6 Å². The molecule has 26 heavy (non-hydrogen) atoms. The van der Waals surface area contributed by atoms with Gasteiger partial charge in [0.1, 0.15) is 12.0 Å². The Morgan fingerprint density at radius 3 is 2.38 bits per heavy atom. The van der Waals surface area contributed by atoms with Crippen LogP contribution < -0.4 is 4.90 Å². The molecule has 1 saturated heterocycles. The van der Waals surface area contributed by atoms with Crippen LogP contribution in [0, 0.1) is 10.1 Å². The Hall–Kier alpha value is -2.23. The highest BCUT2D eigenvalue weighted by Gasteiger charge is 2.27. The molecule has 1 aliphatic rings. The smallest absolute Gasteiger partial charge is 0.287 e. The van der Waals surface area contributed by atoms with Gasteiger partial charge in [-0.2, -0.15) is 4.31 Å². The highest BCUT2D eigenvalue weighted by atomic mass is 35.5. The standard InChI is InChI=1S/C16H17ClN4O4S/c17-13-2-5-15(6-3-13)26(24,25)20-9-1-8-19(10-11-20)16-7-4-14(12-18-16)21(22)23/h2-7,12H,1,8-11H2. The second kappa shape index (κ2) is 7.56. The van der Waals surface area contributed by atoms with E-state index in [0.29, 0.717) is 43.4 Å². The number of halogens is 1. The number of pyridine rings is 1. The molecule has 0 atom stereocenters. The molecule has 2 aromatic rings. The van der Waals surface area contributed by atoms with E-state index in [1.165, 1.54) is 28.7 Å². The van der Waals surface area contributed by atoms with Gasteiger partial charge in [-0.25, -0.2) is 13.4 Å². The molecule has 8 nitrogen and oxygen atoms in total. The van der Waals surface area contributed by atoms with Gasteiger partial charge >= 0.3 is 0 Å². The molecule has 0 unspecified atom stereocenters. The number of nitrogens with zero attached hydrogens (tertiary/aromatic N) is 4. The van der Waals surface area contributed by atoms with Crippen LogP contribution in [0.2, 0.25) is 5.02 Å². The quantitative estimate of drug-likeness (QED) is 0.582. The zero-order valence-electron chi connectivity index (χ0n) is 13.8. The Kier molecular flexibility index (Phi) is 5.40. The fraction of sp³-hybridized carbons (Fsp3) is 0.312. The van der Waals surface area contributed by atoms with Crippen molar-refractivity contribution in [1.29, 1.82) is 0 Å². The lowest BCUT2D eigenvalue weighted by molar-refractivity contribution is -0.385. The average Bonchev–Trinajstić information content (AvgIpc) is 2.89. The molecule has 3 rings (SSSR count). The largest absolute Gasteiger partial charge is 0.355 e. The fourth-order valence-corrected chi connectivity index (χ4v) is 4.39. The van der Waals surface area contributed by atoms with Crippen LogP contribution in [0.4, 0.5) is 11.5 Å². The summed E-state index contributed by atoms with van der Waals surface area (Å²) in [5.74, 6) is 0.598. The molecule has 0 bridgehead atoms. The number of hydrogen-bond acceptors (Lipinski definition) is 6. The molecule has 0 radical (unpaired) electrons. The molecule has 1 aliphatic heterocycles. The summed E-state index contributed by atoms with van der Waals surface area (Å²) in [7, 11) is -3.59. The summed E-state index contributed by atoms with van der Waals surface area (Å²) in [6, 6.07) is 9.09. The zero-order valence-corrected chi connectivity index (χ0v) is 15.4. The lowest BCUT2D eigenvalue weighted by Crippen LogP contribution is -2.35. The van der Waals surface area contributed by atoms with E-state index in [4.69, 9.17) is 11.6 Å². The Bertz CT molecular complexity index is 887. The first-order valence-corrected chi connectivity index (χ1v) is 9.81. The lowest BCUT2D eigenvalue weighted by atomic mass is 10.3. The van der Waals surface area contributed by atoms with E-state index in [1.54, 1.807) is 18.2 Å². The van der Waals surface area contributed by atoms with Crippen LogP contribution in [0.3, 0.4) is 0 Å². The predicted octanol–water partition coefficient (Wildman–Crippen LogP) is 2.54. The number of rotatable bonds is 4. The predicted molar refractivity (Wildman–Crippen MR) is 97.9 cm³/mol.